The number of aromatic nitrogens is 1. The lowest BCUT2D eigenvalue weighted by atomic mass is 10.1. The van der Waals surface area contributed by atoms with Crippen molar-refractivity contribution in [2.75, 3.05) is 0 Å². The first-order valence-electron chi connectivity index (χ1n) is 7.02. The summed E-state index contributed by atoms with van der Waals surface area (Å²) in [6.45, 7) is 2.12. The van der Waals surface area contributed by atoms with E-state index in [4.69, 9.17) is 4.74 Å². The van der Waals surface area contributed by atoms with Gasteiger partial charge in [-0.3, -0.25) is 4.79 Å². The lowest BCUT2D eigenvalue weighted by molar-refractivity contribution is 0.0976. The van der Waals surface area contributed by atoms with Crippen molar-refractivity contribution in [2.45, 2.75) is 32.6 Å². The Morgan fingerprint density at radius 3 is 2.65 bits per heavy atom. The normalized spacial score (nSPS) is 10.2. The first-order valence-corrected chi connectivity index (χ1v) is 7.02. The second-order valence-electron chi connectivity index (χ2n) is 4.65. The van der Waals surface area contributed by atoms with Crippen molar-refractivity contribution in [3.05, 3.63) is 54.2 Å². The van der Waals surface area contributed by atoms with Crippen molar-refractivity contribution >= 4 is 5.78 Å². The van der Waals surface area contributed by atoms with Gasteiger partial charge >= 0.3 is 0 Å². The highest BCUT2D eigenvalue weighted by Crippen LogP contribution is 2.24. The van der Waals surface area contributed by atoms with E-state index in [1.807, 2.05) is 30.3 Å². The van der Waals surface area contributed by atoms with Crippen molar-refractivity contribution in [1.29, 1.82) is 0 Å². The lowest BCUT2D eigenvalue weighted by Gasteiger charge is -2.08. The van der Waals surface area contributed by atoms with Crippen molar-refractivity contribution in [1.82, 2.24) is 4.98 Å². The Labute approximate surface area is 119 Å². The number of Topliss-reactive ketones (excluding diaryl/α,β-unsaturated/α-hetero) is 1. The average molecular weight is 269 g/mol. The van der Waals surface area contributed by atoms with E-state index in [1.54, 1.807) is 18.3 Å². The maximum atomic E-state index is 12.2. The first-order chi connectivity index (χ1) is 9.81. The van der Waals surface area contributed by atoms with Crippen LogP contribution in [0.4, 0.5) is 0 Å². The third-order valence-corrected chi connectivity index (χ3v) is 3.04. The van der Waals surface area contributed by atoms with Crippen LogP contribution in [0.1, 0.15) is 43.0 Å². The Kier molecular flexibility index (Phi) is 5.30. The minimum absolute atomic E-state index is 0.0949. The number of hydrogen-bond donors (Lipinski definition) is 0. The fourth-order valence-corrected chi connectivity index (χ4v) is 1.95. The van der Waals surface area contributed by atoms with Crippen LogP contribution in [0.3, 0.4) is 0 Å². The van der Waals surface area contributed by atoms with Gasteiger partial charge in [-0.1, -0.05) is 38.0 Å². The fourth-order valence-electron chi connectivity index (χ4n) is 1.95. The Morgan fingerprint density at radius 1 is 1.10 bits per heavy atom. The van der Waals surface area contributed by atoms with Gasteiger partial charge in [0.1, 0.15) is 5.75 Å². The lowest BCUT2D eigenvalue weighted by Crippen LogP contribution is -2.03. The Hall–Kier alpha value is -2.16. The number of unbranched alkanes of at least 4 members (excludes halogenated alkanes) is 2. The molecular weight excluding hydrogens is 250 g/mol. The molecule has 104 valence electrons. The van der Waals surface area contributed by atoms with Crippen molar-refractivity contribution in [2.24, 2.45) is 0 Å². The molecule has 3 heteroatoms. The van der Waals surface area contributed by atoms with E-state index in [9.17, 15) is 4.79 Å². The molecule has 0 radical (unpaired) electrons. The largest absolute Gasteiger partial charge is 0.438 e. The van der Waals surface area contributed by atoms with Crippen LogP contribution in [0.15, 0.2) is 48.7 Å². The van der Waals surface area contributed by atoms with Crippen LogP contribution in [0.25, 0.3) is 0 Å². The van der Waals surface area contributed by atoms with Crippen LogP contribution in [-0.4, -0.2) is 10.8 Å². The highest BCUT2D eigenvalue weighted by Gasteiger charge is 2.13. The molecule has 0 atom stereocenters. The third-order valence-electron chi connectivity index (χ3n) is 3.04. The summed E-state index contributed by atoms with van der Waals surface area (Å²) in [4.78, 5) is 16.4. The Bertz CT molecular complexity index is 552. The average Bonchev–Trinajstić information content (AvgIpc) is 2.49. The number of benzene rings is 1. The molecule has 20 heavy (non-hydrogen) atoms. The predicted molar refractivity (Wildman–Crippen MR) is 79.2 cm³/mol. The second-order valence-corrected chi connectivity index (χ2v) is 4.65. The van der Waals surface area contributed by atoms with E-state index in [2.05, 4.69) is 11.9 Å². The molecule has 1 heterocycles. The molecule has 0 spiro atoms. The molecule has 2 rings (SSSR count). The van der Waals surface area contributed by atoms with Crippen molar-refractivity contribution in [3.63, 3.8) is 0 Å². The van der Waals surface area contributed by atoms with Gasteiger partial charge in [-0.05, 0) is 30.7 Å². The summed E-state index contributed by atoms with van der Waals surface area (Å²) in [5.74, 6) is 1.17. The van der Waals surface area contributed by atoms with E-state index < -0.39 is 0 Å². The highest BCUT2D eigenvalue weighted by atomic mass is 16.5. The van der Waals surface area contributed by atoms with Crippen LogP contribution >= 0.6 is 0 Å². The number of para-hydroxylation sites is 1. The minimum atomic E-state index is 0.0949. The SMILES string of the molecule is CCCCCC(=O)c1cccnc1Oc1ccccc1. The smallest absolute Gasteiger partial charge is 0.230 e. The topological polar surface area (TPSA) is 39.2 Å². The van der Waals surface area contributed by atoms with Gasteiger partial charge in [0.15, 0.2) is 5.78 Å². The molecule has 0 saturated carbocycles. The molecule has 1 aromatic heterocycles. The number of pyridine rings is 1. The predicted octanol–water partition coefficient (Wildman–Crippen LogP) is 4.64. The van der Waals surface area contributed by atoms with Crippen molar-refractivity contribution < 1.29 is 9.53 Å². The highest BCUT2D eigenvalue weighted by molar-refractivity contribution is 5.98. The molecule has 0 saturated heterocycles. The molecule has 0 fully saturated rings. The van der Waals surface area contributed by atoms with E-state index in [1.165, 1.54) is 0 Å². The summed E-state index contributed by atoms with van der Waals surface area (Å²) in [6.07, 6.45) is 5.27. The molecule has 0 N–H and O–H groups in total. The molecule has 1 aromatic carbocycles. The molecule has 0 amide bonds. The summed E-state index contributed by atoms with van der Waals surface area (Å²) < 4.78 is 5.70. The first kappa shape index (κ1) is 14.3. The number of carbonyl (C=O) groups excluding carboxylic acids is 1. The summed E-state index contributed by atoms with van der Waals surface area (Å²) in [7, 11) is 0. The quantitative estimate of drug-likeness (QED) is 0.543. The number of hydrogen-bond acceptors (Lipinski definition) is 3. The number of nitrogens with zero attached hydrogens (tertiary/aromatic N) is 1. The Morgan fingerprint density at radius 2 is 1.90 bits per heavy atom. The van der Waals surface area contributed by atoms with Crippen LogP contribution in [0.5, 0.6) is 11.6 Å². The zero-order chi connectivity index (χ0) is 14.2. The number of ether oxygens (including phenoxy) is 1. The van der Waals surface area contributed by atoms with Gasteiger partial charge in [0.2, 0.25) is 5.88 Å². The van der Waals surface area contributed by atoms with Gasteiger partial charge in [-0.25, -0.2) is 4.98 Å². The van der Waals surface area contributed by atoms with E-state index in [0.29, 0.717) is 23.6 Å². The molecule has 3 nitrogen and oxygen atoms in total. The summed E-state index contributed by atoms with van der Waals surface area (Å²) in [5.41, 5.74) is 0.562. The van der Waals surface area contributed by atoms with E-state index in [0.717, 1.165) is 19.3 Å². The number of rotatable bonds is 7. The molecule has 2 aromatic rings. The van der Waals surface area contributed by atoms with E-state index in [-0.39, 0.29) is 5.78 Å². The fraction of sp³-hybridized carbons (Fsp3) is 0.294. The number of ketones is 1. The van der Waals surface area contributed by atoms with Crippen LogP contribution in [0, 0.1) is 0 Å². The minimum Gasteiger partial charge on any atom is -0.438 e. The van der Waals surface area contributed by atoms with E-state index >= 15 is 0 Å². The van der Waals surface area contributed by atoms with Gasteiger partial charge in [0.05, 0.1) is 5.56 Å². The summed E-state index contributed by atoms with van der Waals surface area (Å²) >= 11 is 0. The second kappa shape index (κ2) is 7.43. The molecule has 0 unspecified atom stereocenters. The molecular formula is C17H19NO2. The molecule has 0 aliphatic carbocycles. The van der Waals surface area contributed by atoms with Crippen molar-refractivity contribution in [3.8, 4) is 11.6 Å². The molecule has 0 aliphatic heterocycles. The monoisotopic (exact) mass is 269 g/mol. The third kappa shape index (κ3) is 3.92. The van der Waals surface area contributed by atoms with Crippen LogP contribution in [0.2, 0.25) is 0 Å². The van der Waals surface area contributed by atoms with Gasteiger partial charge in [0, 0.05) is 12.6 Å². The molecule has 0 bridgehead atoms. The van der Waals surface area contributed by atoms with Gasteiger partial charge < -0.3 is 4.74 Å². The number of carbonyl (C=O) groups is 1. The van der Waals surface area contributed by atoms with Crippen LogP contribution in [-0.2, 0) is 0 Å². The zero-order valence-electron chi connectivity index (χ0n) is 11.7. The van der Waals surface area contributed by atoms with Gasteiger partial charge in [0.25, 0.3) is 0 Å². The zero-order valence-corrected chi connectivity index (χ0v) is 11.7. The summed E-state index contributed by atoms with van der Waals surface area (Å²) in [5, 5.41) is 0. The standard InChI is InChI=1S/C17H19NO2/c1-2-3-5-12-16(19)15-11-8-13-18-17(15)20-14-9-6-4-7-10-14/h4,6-11,13H,2-3,5,12H2,1H3. The van der Waals surface area contributed by atoms with Gasteiger partial charge in [-0.2, -0.15) is 0 Å². The van der Waals surface area contributed by atoms with Crippen LogP contribution < -0.4 is 4.74 Å². The maximum Gasteiger partial charge on any atom is 0.230 e. The van der Waals surface area contributed by atoms with Gasteiger partial charge in [-0.15, -0.1) is 0 Å². The molecule has 0 aliphatic rings. The maximum absolute atomic E-state index is 12.2. The summed E-state index contributed by atoms with van der Waals surface area (Å²) in [6, 6.07) is 12.9. The Balaban J connectivity index is 2.11.